The summed E-state index contributed by atoms with van der Waals surface area (Å²) in [6.45, 7) is 3.98. The molecular formula is C10H11FN2O. The van der Waals surface area contributed by atoms with Crippen molar-refractivity contribution in [1.82, 2.24) is 9.88 Å². The zero-order valence-corrected chi connectivity index (χ0v) is 7.90. The van der Waals surface area contributed by atoms with Crippen molar-refractivity contribution in [2.45, 2.75) is 0 Å². The van der Waals surface area contributed by atoms with Crippen molar-refractivity contribution in [2.24, 2.45) is 0 Å². The highest BCUT2D eigenvalue weighted by Crippen LogP contribution is 2.02. The lowest BCUT2D eigenvalue weighted by Crippen LogP contribution is -2.26. The van der Waals surface area contributed by atoms with Crippen LogP contribution in [-0.4, -0.2) is 29.4 Å². The molecule has 0 radical (unpaired) electrons. The monoisotopic (exact) mass is 194 g/mol. The van der Waals surface area contributed by atoms with Crippen LogP contribution in [0.1, 0.15) is 10.4 Å². The predicted molar refractivity (Wildman–Crippen MR) is 51.4 cm³/mol. The minimum Gasteiger partial charge on any atom is -0.338 e. The van der Waals surface area contributed by atoms with E-state index in [0.717, 1.165) is 6.07 Å². The van der Waals surface area contributed by atoms with E-state index in [0.29, 0.717) is 12.1 Å². The van der Waals surface area contributed by atoms with Crippen LogP contribution in [0.5, 0.6) is 0 Å². The van der Waals surface area contributed by atoms with Gasteiger partial charge in [-0.15, -0.1) is 6.58 Å². The number of nitrogens with zero attached hydrogens (tertiary/aromatic N) is 2. The summed E-state index contributed by atoms with van der Waals surface area (Å²) in [6.07, 6.45) is 2.84. The van der Waals surface area contributed by atoms with E-state index < -0.39 is 5.95 Å². The minimum absolute atomic E-state index is 0.197. The second-order valence-corrected chi connectivity index (χ2v) is 2.84. The summed E-state index contributed by atoms with van der Waals surface area (Å²) in [5, 5.41) is 0. The quantitative estimate of drug-likeness (QED) is 0.539. The molecule has 0 aromatic carbocycles. The maximum atomic E-state index is 12.4. The first-order chi connectivity index (χ1) is 6.65. The number of hydrogen-bond donors (Lipinski definition) is 0. The predicted octanol–water partition coefficient (Wildman–Crippen LogP) is 1.48. The molecule has 0 aliphatic rings. The molecule has 4 heteroatoms. The second kappa shape index (κ2) is 4.50. The third kappa shape index (κ3) is 2.39. The smallest absolute Gasteiger partial charge is 0.255 e. The molecule has 1 amide bonds. The maximum Gasteiger partial charge on any atom is 0.255 e. The molecule has 14 heavy (non-hydrogen) atoms. The van der Waals surface area contributed by atoms with Crippen LogP contribution in [0.3, 0.4) is 0 Å². The van der Waals surface area contributed by atoms with Gasteiger partial charge in [-0.1, -0.05) is 6.08 Å². The van der Waals surface area contributed by atoms with Crippen molar-refractivity contribution < 1.29 is 9.18 Å². The normalized spacial score (nSPS) is 9.57. The van der Waals surface area contributed by atoms with Gasteiger partial charge in [-0.3, -0.25) is 4.79 Å². The van der Waals surface area contributed by atoms with Crippen LogP contribution in [0.2, 0.25) is 0 Å². The fraction of sp³-hybridized carbons (Fsp3) is 0.200. The van der Waals surface area contributed by atoms with E-state index in [1.807, 2.05) is 0 Å². The summed E-state index contributed by atoms with van der Waals surface area (Å²) in [4.78, 5) is 16.4. The van der Waals surface area contributed by atoms with Crippen LogP contribution in [-0.2, 0) is 0 Å². The van der Waals surface area contributed by atoms with Crippen molar-refractivity contribution in [3.05, 3.63) is 42.5 Å². The Morgan fingerprint density at radius 3 is 2.93 bits per heavy atom. The molecule has 1 rings (SSSR count). The van der Waals surface area contributed by atoms with Gasteiger partial charge < -0.3 is 4.90 Å². The van der Waals surface area contributed by atoms with Crippen molar-refractivity contribution in [2.75, 3.05) is 13.6 Å². The van der Waals surface area contributed by atoms with Crippen LogP contribution in [0.25, 0.3) is 0 Å². The number of pyridine rings is 1. The first-order valence-corrected chi connectivity index (χ1v) is 4.13. The molecule has 0 saturated heterocycles. The van der Waals surface area contributed by atoms with Crippen molar-refractivity contribution in [1.29, 1.82) is 0 Å². The zero-order chi connectivity index (χ0) is 10.6. The number of carbonyl (C=O) groups excluding carboxylic acids is 1. The van der Waals surface area contributed by atoms with E-state index in [9.17, 15) is 9.18 Å². The molecule has 0 unspecified atom stereocenters. The summed E-state index contributed by atoms with van der Waals surface area (Å²) in [5.74, 6) is -0.787. The van der Waals surface area contributed by atoms with Gasteiger partial charge in [0.1, 0.15) is 0 Å². The van der Waals surface area contributed by atoms with Crippen LogP contribution >= 0.6 is 0 Å². The fourth-order valence-corrected chi connectivity index (χ4v) is 0.999. The summed E-state index contributed by atoms with van der Waals surface area (Å²) >= 11 is 0. The Hall–Kier alpha value is -1.71. The van der Waals surface area contributed by atoms with Crippen LogP contribution in [0.4, 0.5) is 4.39 Å². The molecule has 1 aromatic rings. The highest BCUT2D eigenvalue weighted by Gasteiger charge is 2.10. The molecule has 74 valence electrons. The van der Waals surface area contributed by atoms with E-state index in [4.69, 9.17) is 0 Å². The lowest BCUT2D eigenvalue weighted by atomic mass is 10.2. The van der Waals surface area contributed by atoms with E-state index in [1.54, 1.807) is 13.1 Å². The molecule has 0 fully saturated rings. The molecule has 0 atom stereocenters. The highest BCUT2D eigenvalue weighted by atomic mass is 19.1. The number of likely N-dealkylation sites (N-methyl/N-ethyl adjacent to an activating group) is 1. The van der Waals surface area contributed by atoms with E-state index in [2.05, 4.69) is 11.6 Å². The van der Waals surface area contributed by atoms with Gasteiger partial charge in [-0.2, -0.15) is 4.39 Å². The molecule has 0 aliphatic carbocycles. The Kier molecular flexibility index (Phi) is 3.34. The lowest BCUT2D eigenvalue weighted by molar-refractivity contribution is 0.0809. The maximum absolute atomic E-state index is 12.4. The van der Waals surface area contributed by atoms with Crippen LogP contribution < -0.4 is 0 Å². The summed E-state index contributed by atoms with van der Waals surface area (Å²) < 4.78 is 12.4. The Balaban J connectivity index is 2.78. The van der Waals surface area contributed by atoms with E-state index >= 15 is 0 Å². The number of aromatic nitrogens is 1. The average Bonchev–Trinajstić information content (AvgIpc) is 2.18. The lowest BCUT2D eigenvalue weighted by Gasteiger charge is -2.14. The van der Waals surface area contributed by atoms with Gasteiger partial charge in [0.25, 0.3) is 5.91 Å². The van der Waals surface area contributed by atoms with Crippen molar-refractivity contribution >= 4 is 5.91 Å². The molecule has 0 N–H and O–H groups in total. The fourth-order valence-electron chi connectivity index (χ4n) is 0.999. The highest BCUT2D eigenvalue weighted by molar-refractivity contribution is 5.93. The summed E-state index contributed by atoms with van der Waals surface area (Å²) in [6, 6.07) is 2.57. The van der Waals surface area contributed by atoms with Crippen molar-refractivity contribution in [3.8, 4) is 0 Å². The molecule has 0 aliphatic heterocycles. The van der Waals surface area contributed by atoms with Gasteiger partial charge in [0.05, 0.1) is 5.56 Å². The van der Waals surface area contributed by atoms with Gasteiger partial charge in [0.2, 0.25) is 5.95 Å². The Labute approximate surface area is 81.9 Å². The van der Waals surface area contributed by atoms with Gasteiger partial charge in [0, 0.05) is 19.8 Å². The number of rotatable bonds is 3. The van der Waals surface area contributed by atoms with Crippen molar-refractivity contribution in [3.63, 3.8) is 0 Å². The molecule has 1 heterocycles. The summed E-state index contributed by atoms with van der Waals surface area (Å²) in [5.41, 5.74) is 0.371. The van der Waals surface area contributed by atoms with Gasteiger partial charge in [-0.25, -0.2) is 4.98 Å². The third-order valence-electron chi connectivity index (χ3n) is 1.72. The van der Waals surface area contributed by atoms with Crippen LogP contribution in [0.15, 0.2) is 31.0 Å². The van der Waals surface area contributed by atoms with Crippen LogP contribution in [0, 0.1) is 5.95 Å². The molecule has 0 spiro atoms. The third-order valence-corrected chi connectivity index (χ3v) is 1.72. The molecule has 0 saturated carbocycles. The first-order valence-electron chi connectivity index (χ1n) is 4.13. The van der Waals surface area contributed by atoms with Gasteiger partial charge >= 0.3 is 0 Å². The number of carbonyl (C=O) groups is 1. The largest absolute Gasteiger partial charge is 0.338 e. The average molecular weight is 194 g/mol. The topological polar surface area (TPSA) is 33.2 Å². The second-order valence-electron chi connectivity index (χ2n) is 2.84. The number of halogens is 1. The Bertz CT molecular complexity index is 334. The molecule has 1 aromatic heterocycles. The molecular weight excluding hydrogens is 183 g/mol. The first kappa shape index (κ1) is 10.4. The van der Waals surface area contributed by atoms with E-state index in [-0.39, 0.29) is 5.91 Å². The molecule has 3 nitrogen and oxygen atoms in total. The zero-order valence-electron chi connectivity index (χ0n) is 7.90. The minimum atomic E-state index is -0.590. The Morgan fingerprint density at radius 2 is 2.43 bits per heavy atom. The standard InChI is InChI=1S/C10H11FN2O/c1-3-6-13(2)10(14)8-4-5-9(11)12-7-8/h3-5,7H,1,6H2,2H3. The number of hydrogen-bond acceptors (Lipinski definition) is 2. The number of amides is 1. The summed E-state index contributed by atoms with van der Waals surface area (Å²) in [7, 11) is 1.65. The molecule has 0 bridgehead atoms. The van der Waals surface area contributed by atoms with E-state index in [1.165, 1.54) is 17.2 Å². The van der Waals surface area contributed by atoms with Gasteiger partial charge in [-0.05, 0) is 12.1 Å². The Morgan fingerprint density at radius 1 is 1.71 bits per heavy atom. The van der Waals surface area contributed by atoms with Gasteiger partial charge in [0.15, 0.2) is 0 Å². The SMILES string of the molecule is C=CCN(C)C(=O)c1ccc(F)nc1.